The van der Waals surface area contributed by atoms with Crippen LogP contribution in [-0.4, -0.2) is 23.5 Å². The van der Waals surface area contributed by atoms with Crippen LogP contribution in [0.2, 0.25) is 0 Å². The Morgan fingerprint density at radius 2 is 1.96 bits per heavy atom. The van der Waals surface area contributed by atoms with E-state index in [1.54, 1.807) is 18.2 Å². The lowest BCUT2D eigenvalue weighted by Crippen LogP contribution is -2.48. The lowest BCUT2D eigenvalue weighted by molar-refractivity contribution is -0.121. The first kappa shape index (κ1) is 21.9. The summed E-state index contributed by atoms with van der Waals surface area (Å²) in [6.07, 6.45) is 4.25. The normalized spacial score (nSPS) is 10.3. The first-order valence-corrected chi connectivity index (χ1v) is 9.46. The van der Waals surface area contributed by atoms with Gasteiger partial charge in [0.1, 0.15) is 5.75 Å². The van der Waals surface area contributed by atoms with Crippen molar-refractivity contribution in [3.05, 3.63) is 29.8 Å². The number of unbranched alkanes of at least 4 members (excludes halogenated alkanes) is 2. The summed E-state index contributed by atoms with van der Waals surface area (Å²) < 4.78 is 5.65. The first-order chi connectivity index (χ1) is 12.4. The summed E-state index contributed by atoms with van der Waals surface area (Å²) in [7, 11) is 0. The molecule has 0 aliphatic carbocycles. The molecule has 1 rings (SSSR count). The number of amides is 2. The predicted octanol–water partition coefficient (Wildman–Crippen LogP) is 3.33. The highest BCUT2D eigenvalue weighted by atomic mass is 32.1. The zero-order valence-electron chi connectivity index (χ0n) is 15.8. The fourth-order valence-corrected chi connectivity index (χ4v) is 2.21. The van der Waals surface area contributed by atoms with E-state index in [1.807, 2.05) is 6.07 Å². The molecule has 1 aromatic rings. The molecule has 6 nitrogen and oxygen atoms in total. The Morgan fingerprint density at radius 3 is 2.65 bits per heavy atom. The molecule has 0 spiro atoms. The minimum atomic E-state index is -0.364. The zero-order chi connectivity index (χ0) is 19.4. The molecule has 0 unspecified atom stereocenters. The van der Waals surface area contributed by atoms with Gasteiger partial charge in [-0.25, -0.2) is 0 Å². The third-order valence-electron chi connectivity index (χ3n) is 3.61. The van der Waals surface area contributed by atoms with Crippen molar-refractivity contribution in [1.29, 1.82) is 0 Å². The van der Waals surface area contributed by atoms with Crippen LogP contribution in [0.5, 0.6) is 5.75 Å². The molecule has 0 radical (unpaired) electrons. The molecule has 0 saturated heterocycles. The first-order valence-electron chi connectivity index (χ1n) is 9.05. The van der Waals surface area contributed by atoms with E-state index >= 15 is 0 Å². The molecule has 7 heteroatoms. The minimum Gasteiger partial charge on any atom is -0.494 e. The Kier molecular flexibility index (Phi) is 10.3. The van der Waals surface area contributed by atoms with Crippen LogP contribution < -0.4 is 20.9 Å². The number of hydrazine groups is 1. The molecule has 0 bridgehead atoms. The van der Waals surface area contributed by atoms with Gasteiger partial charge >= 0.3 is 0 Å². The number of hydrogen-bond acceptors (Lipinski definition) is 4. The Hall–Kier alpha value is -2.15. The van der Waals surface area contributed by atoms with Crippen molar-refractivity contribution in [2.75, 3.05) is 6.61 Å². The van der Waals surface area contributed by atoms with E-state index in [0.717, 1.165) is 25.7 Å². The molecule has 2 amide bonds. The third-order valence-corrected chi connectivity index (χ3v) is 3.81. The second-order valence-corrected chi connectivity index (χ2v) is 6.88. The quantitative estimate of drug-likeness (QED) is 0.348. The number of carbonyl (C=O) groups is 2. The maximum atomic E-state index is 12.2. The maximum Gasteiger partial charge on any atom is 0.257 e. The Balaban J connectivity index is 2.41. The van der Waals surface area contributed by atoms with Crippen molar-refractivity contribution in [3.8, 4) is 5.75 Å². The molecule has 0 aliphatic rings. The standard InChI is InChI=1S/C19H29N3O3S/c1-4-5-6-10-17(23)21-22-19(26)20-18(24)15-8-7-9-16(13-15)25-12-11-14(2)3/h7-9,13-14H,4-6,10-12H2,1-3H3,(H,21,23)(H2,20,22,24,26). The van der Waals surface area contributed by atoms with Gasteiger partial charge in [0.25, 0.3) is 5.91 Å². The highest BCUT2D eigenvalue weighted by Gasteiger charge is 2.10. The van der Waals surface area contributed by atoms with Crippen LogP contribution in [0, 0.1) is 5.92 Å². The minimum absolute atomic E-state index is 0.0463. The van der Waals surface area contributed by atoms with Gasteiger partial charge in [0.15, 0.2) is 5.11 Å². The van der Waals surface area contributed by atoms with Gasteiger partial charge in [-0.3, -0.25) is 25.8 Å². The molecule has 0 fully saturated rings. The number of rotatable bonds is 9. The van der Waals surface area contributed by atoms with Gasteiger partial charge in [-0.15, -0.1) is 0 Å². The van der Waals surface area contributed by atoms with Crippen molar-refractivity contribution in [3.63, 3.8) is 0 Å². The summed E-state index contributed by atoms with van der Waals surface area (Å²) in [6.45, 7) is 6.94. The Bertz CT molecular complexity index is 605. The molecule has 0 atom stereocenters. The molecule has 0 heterocycles. The smallest absolute Gasteiger partial charge is 0.257 e. The van der Waals surface area contributed by atoms with E-state index in [-0.39, 0.29) is 16.9 Å². The SMILES string of the molecule is CCCCCC(=O)NNC(=S)NC(=O)c1cccc(OCCC(C)C)c1. The molecular weight excluding hydrogens is 350 g/mol. The summed E-state index contributed by atoms with van der Waals surface area (Å²) >= 11 is 5.03. The number of hydrogen-bond donors (Lipinski definition) is 3. The van der Waals surface area contributed by atoms with Gasteiger partial charge in [-0.2, -0.15) is 0 Å². The number of thiocarbonyl (C=S) groups is 1. The maximum absolute atomic E-state index is 12.2. The average molecular weight is 380 g/mol. The van der Waals surface area contributed by atoms with Crippen LogP contribution in [0.1, 0.15) is 63.2 Å². The van der Waals surface area contributed by atoms with Crippen molar-refractivity contribution in [1.82, 2.24) is 16.2 Å². The predicted molar refractivity (Wildman–Crippen MR) is 107 cm³/mol. The van der Waals surface area contributed by atoms with Gasteiger partial charge < -0.3 is 4.74 Å². The highest BCUT2D eigenvalue weighted by Crippen LogP contribution is 2.14. The summed E-state index contributed by atoms with van der Waals surface area (Å²) in [5.41, 5.74) is 5.45. The molecule has 3 N–H and O–H groups in total. The Morgan fingerprint density at radius 1 is 1.19 bits per heavy atom. The fraction of sp³-hybridized carbons (Fsp3) is 0.526. The zero-order valence-corrected chi connectivity index (χ0v) is 16.6. The lowest BCUT2D eigenvalue weighted by atomic mass is 10.1. The van der Waals surface area contributed by atoms with Crippen LogP contribution in [0.4, 0.5) is 0 Å². The van der Waals surface area contributed by atoms with E-state index in [9.17, 15) is 9.59 Å². The number of nitrogens with one attached hydrogen (secondary N) is 3. The lowest BCUT2D eigenvalue weighted by Gasteiger charge is -2.12. The van der Waals surface area contributed by atoms with Gasteiger partial charge in [0.05, 0.1) is 6.61 Å². The molecule has 144 valence electrons. The van der Waals surface area contributed by atoms with E-state index < -0.39 is 0 Å². The summed E-state index contributed by atoms with van der Waals surface area (Å²) in [6, 6.07) is 6.91. The Labute approximate surface area is 161 Å². The van der Waals surface area contributed by atoms with Gasteiger partial charge in [-0.1, -0.05) is 39.7 Å². The van der Waals surface area contributed by atoms with Crippen LogP contribution in [-0.2, 0) is 4.79 Å². The van der Waals surface area contributed by atoms with Gasteiger partial charge in [0, 0.05) is 12.0 Å². The van der Waals surface area contributed by atoms with Gasteiger partial charge in [-0.05, 0) is 49.2 Å². The fourth-order valence-electron chi connectivity index (χ4n) is 2.07. The topological polar surface area (TPSA) is 79.5 Å². The van der Waals surface area contributed by atoms with Crippen molar-refractivity contribution >= 4 is 29.1 Å². The van der Waals surface area contributed by atoms with Crippen LogP contribution in [0.25, 0.3) is 0 Å². The van der Waals surface area contributed by atoms with E-state index in [1.165, 1.54) is 0 Å². The van der Waals surface area contributed by atoms with Crippen molar-refractivity contribution < 1.29 is 14.3 Å². The second-order valence-electron chi connectivity index (χ2n) is 6.47. The van der Waals surface area contributed by atoms with Crippen LogP contribution >= 0.6 is 12.2 Å². The van der Waals surface area contributed by atoms with Crippen molar-refractivity contribution in [2.45, 2.75) is 52.9 Å². The summed E-state index contributed by atoms with van der Waals surface area (Å²) in [5, 5.41) is 2.58. The summed E-state index contributed by atoms with van der Waals surface area (Å²) in [5.74, 6) is 0.677. The average Bonchev–Trinajstić information content (AvgIpc) is 2.60. The van der Waals surface area contributed by atoms with E-state index in [4.69, 9.17) is 17.0 Å². The molecule has 1 aromatic carbocycles. The molecule has 0 aromatic heterocycles. The molecule has 0 saturated carbocycles. The van der Waals surface area contributed by atoms with Gasteiger partial charge in [0.2, 0.25) is 5.91 Å². The largest absolute Gasteiger partial charge is 0.494 e. The monoisotopic (exact) mass is 379 g/mol. The highest BCUT2D eigenvalue weighted by molar-refractivity contribution is 7.80. The number of ether oxygens (including phenoxy) is 1. The van der Waals surface area contributed by atoms with Crippen molar-refractivity contribution in [2.24, 2.45) is 5.92 Å². The van der Waals surface area contributed by atoms with E-state index in [2.05, 4.69) is 36.9 Å². The number of benzene rings is 1. The van der Waals surface area contributed by atoms with Crippen LogP contribution in [0.3, 0.4) is 0 Å². The summed E-state index contributed by atoms with van der Waals surface area (Å²) in [4.78, 5) is 23.8. The molecule has 0 aliphatic heterocycles. The third kappa shape index (κ3) is 9.36. The molecular formula is C19H29N3O3S. The molecule has 26 heavy (non-hydrogen) atoms. The second kappa shape index (κ2) is 12.2. The number of carbonyl (C=O) groups excluding carboxylic acids is 2. The van der Waals surface area contributed by atoms with Crippen LogP contribution in [0.15, 0.2) is 24.3 Å². The van der Waals surface area contributed by atoms with E-state index in [0.29, 0.717) is 30.3 Å².